The molecule has 5 heterocycles. The lowest BCUT2D eigenvalue weighted by molar-refractivity contribution is -0.380. The first-order valence-corrected chi connectivity index (χ1v) is 30.9. The Balaban J connectivity index is 0.866. The van der Waals surface area contributed by atoms with E-state index in [0.29, 0.717) is 44.1 Å². The number of allylic oxidation sites excluding steroid dienone is 2. The first-order chi connectivity index (χ1) is 38.5. The summed E-state index contributed by atoms with van der Waals surface area (Å²) in [5, 5.41) is 101. The topological polar surface area (TPSA) is 419 Å². The van der Waals surface area contributed by atoms with Crippen LogP contribution in [0.2, 0.25) is 0 Å². The fourth-order valence-electron chi connectivity index (χ4n) is 16.0. The molecule has 28 nitrogen and oxygen atoms in total. The molecule has 0 aromatic heterocycles. The number of hydrogen-bond donors (Lipinski definition) is 11. The number of ether oxygens (including phenoxy) is 10. The van der Waals surface area contributed by atoms with Gasteiger partial charge in [0, 0.05) is 18.4 Å². The first kappa shape index (κ1) is 65.4. The summed E-state index contributed by atoms with van der Waals surface area (Å²) in [6.45, 7) is 15.2. The second-order valence-electron chi connectivity index (χ2n) is 25.7. The minimum Gasteiger partial charge on any atom is -0.461 e. The van der Waals surface area contributed by atoms with Crippen LogP contribution in [0.15, 0.2) is 23.8 Å². The number of hydrogen-bond acceptors (Lipinski definition) is 26. The van der Waals surface area contributed by atoms with Gasteiger partial charge in [0.1, 0.15) is 85.5 Å². The fraction of sp³-hybridized carbons (Fsp3) is 0.906. The number of carbonyl (C=O) groups excluding carboxylic acids is 1. The molecule has 0 aromatic rings. The van der Waals surface area contributed by atoms with Gasteiger partial charge in [-0.1, -0.05) is 51.5 Å². The molecule has 0 amide bonds. The number of aliphatic hydroxyl groups excluding tert-OH is 8. The van der Waals surface area contributed by atoms with Crippen molar-refractivity contribution in [2.45, 2.75) is 234 Å². The molecule has 11 N–H and O–H groups in total. The van der Waals surface area contributed by atoms with Gasteiger partial charge in [0.25, 0.3) is 0 Å². The van der Waals surface area contributed by atoms with Gasteiger partial charge in [-0.25, -0.2) is 8.37 Å². The van der Waals surface area contributed by atoms with Crippen molar-refractivity contribution >= 4 is 26.8 Å². The van der Waals surface area contributed by atoms with E-state index in [1.165, 1.54) is 12.5 Å². The third-order valence-electron chi connectivity index (χ3n) is 20.3. The average molecular weight is 1230 g/mol. The largest absolute Gasteiger partial charge is 0.461 e. The van der Waals surface area contributed by atoms with Gasteiger partial charge in [-0.15, -0.1) is 0 Å². The quantitative estimate of drug-likeness (QED) is 0.0413. The van der Waals surface area contributed by atoms with Crippen molar-refractivity contribution in [2.75, 3.05) is 26.9 Å². The van der Waals surface area contributed by atoms with Crippen LogP contribution in [0.3, 0.4) is 0 Å². The second kappa shape index (κ2) is 23.7. The van der Waals surface area contributed by atoms with Crippen LogP contribution in [0.1, 0.15) is 99.8 Å². The van der Waals surface area contributed by atoms with Crippen molar-refractivity contribution in [3.8, 4) is 0 Å². The van der Waals surface area contributed by atoms with Crippen LogP contribution in [0.4, 0.5) is 0 Å². The Hall–Kier alpha value is -2.03. The van der Waals surface area contributed by atoms with E-state index in [1.54, 1.807) is 13.8 Å². The molecule has 8 fully saturated rings. The van der Waals surface area contributed by atoms with Crippen molar-refractivity contribution in [1.82, 2.24) is 0 Å². The molecule has 30 heteroatoms. The molecule has 1 spiro atoms. The summed E-state index contributed by atoms with van der Waals surface area (Å²) in [7, 11) is -9.05. The van der Waals surface area contributed by atoms with Gasteiger partial charge in [-0.3, -0.25) is 13.9 Å². The van der Waals surface area contributed by atoms with Gasteiger partial charge in [0.15, 0.2) is 25.2 Å². The Morgan fingerprint density at radius 3 is 2.07 bits per heavy atom. The molecule has 1 unspecified atom stereocenters. The van der Waals surface area contributed by atoms with Crippen LogP contribution >= 0.6 is 0 Å². The highest BCUT2D eigenvalue weighted by atomic mass is 32.3. The van der Waals surface area contributed by atoms with Crippen molar-refractivity contribution in [2.24, 2.45) is 39.4 Å². The van der Waals surface area contributed by atoms with Gasteiger partial charge in [0.2, 0.25) is 0 Å². The zero-order valence-corrected chi connectivity index (χ0v) is 49.2. The molecular formula is C53H84O28S2. The Labute approximate surface area is 482 Å². The van der Waals surface area contributed by atoms with E-state index in [0.717, 1.165) is 7.11 Å². The highest BCUT2D eigenvalue weighted by Crippen LogP contribution is 2.76. The minimum absolute atomic E-state index is 0.0205. The molecule has 28 atom stereocenters. The summed E-state index contributed by atoms with van der Waals surface area (Å²) in [6, 6.07) is 0. The van der Waals surface area contributed by atoms with Gasteiger partial charge in [-0.2, -0.15) is 16.8 Å². The highest BCUT2D eigenvalue weighted by molar-refractivity contribution is 7.81. The average Bonchev–Trinajstić information content (AvgIpc) is 4.05. The molecule has 83 heavy (non-hydrogen) atoms. The van der Waals surface area contributed by atoms with Crippen molar-refractivity contribution in [3.63, 3.8) is 0 Å². The lowest BCUT2D eigenvalue weighted by Gasteiger charge is -2.64. The van der Waals surface area contributed by atoms with E-state index in [-0.39, 0.29) is 36.1 Å². The zero-order valence-electron chi connectivity index (χ0n) is 47.6. The summed E-state index contributed by atoms with van der Waals surface area (Å²) in [5.74, 6) is -0.755. The predicted molar refractivity (Wildman–Crippen MR) is 278 cm³/mol. The molecule has 3 saturated carbocycles. The molecule has 9 aliphatic rings. The molecule has 5 saturated heterocycles. The van der Waals surface area contributed by atoms with Crippen molar-refractivity contribution < 1.29 is 132 Å². The van der Waals surface area contributed by atoms with E-state index in [4.69, 9.17) is 56.1 Å². The monoisotopic (exact) mass is 1230 g/mol. The highest BCUT2D eigenvalue weighted by Gasteiger charge is 2.79. The van der Waals surface area contributed by atoms with Crippen molar-refractivity contribution in [1.29, 1.82) is 0 Å². The summed E-state index contributed by atoms with van der Waals surface area (Å²) in [4.78, 5) is 14.2. The lowest BCUT2D eigenvalue weighted by atomic mass is 9.40. The fourth-order valence-corrected chi connectivity index (χ4v) is 16.8. The second-order valence-corrected chi connectivity index (χ2v) is 27.8. The molecule has 0 radical (unpaired) electrons. The predicted octanol–water partition coefficient (Wildman–Crippen LogP) is -1.15. The van der Waals surface area contributed by atoms with Crippen LogP contribution in [0.25, 0.3) is 0 Å². The number of carbonyl (C=O) groups is 1. The van der Waals surface area contributed by atoms with Crippen LogP contribution in [0, 0.1) is 39.4 Å². The van der Waals surface area contributed by atoms with Crippen LogP contribution in [-0.4, -0.2) is 239 Å². The number of rotatable bonds is 19. The van der Waals surface area contributed by atoms with E-state index in [9.17, 15) is 72.1 Å². The van der Waals surface area contributed by atoms with Gasteiger partial charge in [-0.05, 0) is 94.8 Å². The van der Waals surface area contributed by atoms with Gasteiger partial charge < -0.3 is 93.3 Å². The van der Waals surface area contributed by atoms with E-state index in [1.807, 2.05) is 0 Å². The van der Waals surface area contributed by atoms with Crippen LogP contribution in [0.5, 0.6) is 0 Å². The Kier molecular flexibility index (Phi) is 18.7. The Bertz CT molecular complexity index is 2620. The number of fused-ring (bicyclic) bond motifs is 5. The van der Waals surface area contributed by atoms with E-state index in [2.05, 4.69) is 44.5 Å². The van der Waals surface area contributed by atoms with Gasteiger partial charge in [0.05, 0.1) is 49.1 Å². The number of methoxy groups -OCH3 is 1. The van der Waals surface area contributed by atoms with Crippen molar-refractivity contribution in [3.05, 3.63) is 23.8 Å². The molecule has 476 valence electrons. The standard InChI is InChI=1S/C53H84O28S2/c1-22(2)26(54)13-16-52(8,63)43-27-18-51(7)25-10-11-31-49(4,5)32(14-15-50(31,6)24(25)12-17-53(43,51)48(62)77-27)78-47-42(35(57)30(20-72-47)81-83(67,68)69)80-45-38(60)36(58)40(23(3)74-45)79-44-37(59)33(55)28(19-71-44)75-46-39(61)41(70-9)34(56)29(76-46)21-73-82(64,65)66/h10,23-24,26-47,54-61,63H,1,11-21H2,2-9H3,(H,64,65,66)(H,67,68,69)/t23-,24-,26?,27+,28-,29-,30-,31+,32+,33+,34-,35+,36-,37-,38-,39-,40-,41+,42-,43-,44+,45+,46-,47+,50-,51+,52+,53-/m1/s1. The normalized spacial score (nSPS) is 48.2. The van der Waals surface area contributed by atoms with Crippen LogP contribution in [-0.2, 0) is 81.3 Å². The molecular weight excluding hydrogens is 1150 g/mol. The van der Waals surface area contributed by atoms with Gasteiger partial charge >= 0.3 is 26.8 Å². The molecule has 9 rings (SSSR count). The minimum atomic E-state index is -5.18. The van der Waals surface area contributed by atoms with E-state index >= 15 is 0 Å². The summed E-state index contributed by atoms with van der Waals surface area (Å²) in [5.41, 5.74) is -2.07. The smallest absolute Gasteiger partial charge is 0.397 e. The summed E-state index contributed by atoms with van der Waals surface area (Å²) >= 11 is 0. The molecule has 0 aromatic carbocycles. The number of aliphatic hydroxyl groups is 9. The molecule has 4 aliphatic carbocycles. The Morgan fingerprint density at radius 2 is 1.42 bits per heavy atom. The zero-order chi connectivity index (χ0) is 61.1. The van der Waals surface area contributed by atoms with Crippen LogP contribution < -0.4 is 0 Å². The maximum absolute atomic E-state index is 14.2. The SMILES string of the molecule is C=C(C)C(O)CC[C@](C)(O)[C@H]1[C@@H]2C[C@@]3(C)C4=CC[C@H]5C(C)(C)[C@@H](O[C@@H]6OC[C@@H](OS(=O)(=O)O)[C@H](O)[C@H]6O[C@@H]6O[C@H](C)[C@@H](O[C@@H]7OC[C@@H](O[C@@H]8O[C@H](COS(=O)(=O)O)[C@@H](O)[C@H](OC)[C@H]8O)[C@H](O)[C@H]7O)[C@H](O)[C@H]6O)CC[C@]5(C)[C@@H]4CC[C@]13C(=O)O2. The Morgan fingerprint density at radius 1 is 0.783 bits per heavy atom. The summed E-state index contributed by atoms with van der Waals surface area (Å²) < 4.78 is 133. The maximum atomic E-state index is 14.2. The third-order valence-corrected chi connectivity index (χ3v) is 21.2. The molecule has 2 bridgehead atoms. The first-order valence-electron chi connectivity index (χ1n) is 28.2. The lowest BCUT2D eigenvalue weighted by Crippen LogP contribution is -2.65. The van der Waals surface area contributed by atoms with E-state index < -0.39 is 197 Å². The summed E-state index contributed by atoms with van der Waals surface area (Å²) in [6.07, 6.45) is -26.4. The third kappa shape index (κ3) is 11.9. The molecule has 5 aliphatic heterocycles. The maximum Gasteiger partial charge on any atom is 0.397 e. The number of esters is 1.